The van der Waals surface area contributed by atoms with E-state index in [4.69, 9.17) is 9.47 Å². The molecule has 7 nitrogen and oxygen atoms in total. The van der Waals surface area contributed by atoms with Gasteiger partial charge in [-0.3, -0.25) is 9.59 Å². The normalized spacial score (nSPS) is 15.2. The zero-order valence-electron chi connectivity index (χ0n) is 15.8. The molecule has 0 unspecified atom stereocenters. The van der Waals surface area contributed by atoms with Gasteiger partial charge in [0.15, 0.2) is 17.3 Å². The van der Waals surface area contributed by atoms with Crippen LogP contribution in [-0.2, 0) is 4.79 Å². The van der Waals surface area contributed by atoms with Crippen LogP contribution in [0.25, 0.3) is 0 Å². The number of anilines is 1. The lowest BCUT2D eigenvalue weighted by Crippen LogP contribution is -2.17. The lowest BCUT2D eigenvalue weighted by atomic mass is 10.2. The molecular formula is C20H21N3O4S. The average Bonchev–Trinajstić information content (AvgIpc) is 3.51. The molecule has 1 aromatic heterocycles. The highest BCUT2D eigenvalue weighted by molar-refractivity contribution is 8.00. The van der Waals surface area contributed by atoms with E-state index in [1.807, 2.05) is 6.92 Å². The molecule has 0 atom stereocenters. The largest absolute Gasteiger partial charge is 0.486 e. The van der Waals surface area contributed by atoms with Crippen molar-refractivity contribution in [2.75, 3.05) is 24.3 Å². The maximum Gasteiger partial charge on any atom is 0.234 e. The second-order valence-corrected chi connectivity index (χ2v) is 7.84. The van der Waals surface area contributed by atoms with Gasteiger partial charge in [-0.05, 0) is 38.8 Å². The van der Waals surface area contributed by atoms with Crippen LogP contribution in [0.2, 0.25) is 0 Å². The molecule has 28 heavy (non-hydrogen) atoms. The third kappa shape index (κ3) is 4.11. The number of thioether (sulfide) groups is 1. The van der Waals surface area contributed by atoms with E-state index in [0.717, 1.165) is 18.7 Å². The molecular weight excluding hydrogens is 378 g/mol. The molecule has 0 spiro atoms. The van der Waals surface area contributed by atoms with E-state index >= 15 is 0 Å². The fourth-order valence-corrected chi connectivity index (χ4v) is 3.99. The molecule has 2 aliphatic rings. The minimum Gasteiger partial charge on any atom is -0.486 e. The monoisotopic (exact) mass is 399 g/mol. The Hall–Kier alpha value is -2.61. The van der Waals surface area contributed by atoms with Gasteiger partial charge in [-0.1, -0.05) is 11.8 Å². The molecule has 8 heteroatoms. The predicted octanol–water partition coefficient (Wildman–Crippen LogP) is 3.37. The first-order valence-electron chi connectivity index (χ1n) is 9.23. The van der Waals surface area contributed by atoms with Gasteiger partial charge in [-0.2, -0.15) is 0 Å². The summed E-state index contributed by atoms with van der Waals surface area (Å²) in [4.78, 5) is 33.5. The molecule has 1 saturated carbocycles. The Morgan fingerprint density at radius 2 is 1.93 bits per heavy atom. The number of ether oxygens (including phenoxy) is 2. The van der Waals surface area contributed by atoms with Gasteiger partial charge in [0.25, 0.3) is 0 Å². The second-order valence-electron chi connectivity index (χ2n) is 6.87. The van der Waals surface area contributed by atoms with Gasteiger partial charge in [0.05, 0.1) is 17.0 Å². The summed E-state index contributed by atoms with van der Waals surface area (Å²) in [6, 6.07) is 5.30. The number of aryl methyl sites for hydroxylation is 1. The van der Waals surface area contributed by atoms with Crippen LogP contribution in [0, 0.1) is 6.92 Å². The van der Waals surface area contributed by atoms with Gasteiger partial charge < -0.3 is 14.8 Å². The maximum absolute atomic E-state index is 12.4. The summed E-state index contributed by atoms with van der Waals surface area (Å²) in [6.07, 6.45) is 2.15. The fourth-order valence-electron chi connectivity index (χ4n) is 3.05. The number of carbonyl (C=O) groups is 2. The highest BCUT2D eigenvalue weighted by Crippen LogP contribution is 2.39. The van der Waals surface area contributed by atoms with Crippen LogP contribution in [-0.4, -0.2) is 40.6 Å². The predicted molar refractivity (Wildman–Crippen MR) is 106 cm³/mol. The Balaban J connectivity index is 1.45. The van der Waals surface area contributed by atoms with Crippen LogP contribution in [0.15, 0.2) is 23.2 Å². The molecule has 1 N–H and O–H groups in total. The summed E-state index contributed by atoms with van der Waals surface area (Å²) in [7, 11) is 0. The highest BCUT2D eigenvalue weighted by Gasteiger charge is 2.29. The fraction of sp³-hybridized carbons (Fsp3) is 0.400. The van der Waals surface area contributed by atoms with E-state index in [0.29, 0.717) is 52.6 Å². The number of nitrogens with one attached hydrogen (secondary N) is 1. The van der Waals surface area contributed by atoms with Crippen LogP contribution in [0.3, 0.4) is 0 Å². The van der Waals surface area contributed by atoms with Gasteiger partial charge in [-0.25, -0.2) is 9.97 Å². The number of nitrogens with zero attached hydrogens (tertiary/aromatic N) is 2. The summed E-state index contributed by atoms with van der Waals surface area (Å²) in [6.45, 7) is 4.34. The van der Waals surface area contributed by atoms with E-state index in [2.05, 4.69) is 15.3 Å². The number of aromatic nitrogens is 2. The summed E-state index contributed by atoms with van der Waals surface area (Å²) >= 11 is 1.27. The molecule has 0 bridgehead atoms. The topological polar surface area (TPSA) is 90.4 Å². The quantitative estimate of drug-likeness (QED) is 0.452. The molecule has 1 aromatic carbocycles. The van der Waals surface area contributed by atoms with Crippen LogP contribution in [0.1, 0.15) is 47.6 Å². The van der Waals surface area contributed by atoms with Crippen molar-refractivity contribution in [1.82, 2.24) is 9.97 Å². The minimum absolute atomic E-state index is 0.0883. The van der Waals surface area contributed by atoms with E-state index in [-0.39, 0.29) is 17.4 Å². The lowest BCUT2D eigenvalue weighted by Gasteiger charge is -2.19. The average molecular weight is 399 g/mol. The number of ketones is 1. The van der Waals surface area contributed by atoms with Gasteiger partial charge >= 0.3 is 0 Å². The molecule has 2 heterocycles. The van der Waals surface area contributed by atoms with E-state index in [1.165, 1.54) is 18.7 Å². The number of fused-ring (bicyclic) bond motifs is 1. The first kappa shape index (κ1) is 18.7. The SMILES string of the molecule is CC(=O)c1c(C)nc(C2CC2)nc1SCC(=O)Nc1ccc2c(c1)OCCO2. The van der Waals surface area contributed by atoms with E-state index < -0.39 is 0 Å². The van der Waals surface area contributed by atoms with E-state index in [9.17, 15) is 9.59 Å². The first-order chi connectivity index (χ1) is 13.5. The lowest BCUT2D eigenvalue weighted by molar-refractivity contribution is -0.113. The molecule has 1 amide bonds. The van der Waals surface area contributed by atoms with Crippen molar-refractivity contribution in [2.45, 2.75) is 37.6 Å². The standard InChI is InChI=1S/C20H21N3O4S/c1-11-18(12(2)24)20(23-19(21-11)13-3-4-13)28-10-17(25)22-14-5-6-15-16(9-14)27-8-7-26-15/h5-6,9,13H,3-4,7-8,10H2,1-2H3,(H,22,25). The number of hydrogen-bond donors (Lipinski definition) is 1. The number of Topliss-reactive ketones (excluding diaryl/α,β-unsaturated/α-hetero) is 1. The van der Waals surface area contributed by atoms with Gasteiger partial charge in [0, 0.05) is 17.7 Å². The van der Waals surface area contributed by atoms with Crippen molar-refractivity contribution < 1.29 is 19.1 Å². The van der Waals surface area contributed by atoms with Crippen molar-refractivity contribution >= 4 is 29.1 Å². The molecule has 4 rings (SSSR count). The van der Waals surface area contributed by atoms with Gasteiger partial charge in [0.2, 0.25) is 5.91 Å². The van der Waals surface area contributed by atoms with Crippen LogP contribution in [0.5, 0.6) is 11.5 Å². The molecule has 1 fully saturated rings. The summed E-state index contributed by atoms with van der Waals surface area (Å²) in [5.41, 5.74) is 1.82. The third-order valence-electron chi connectivity index (χ3n) is 4.53. The Bertz CT molecular complexity index is 943. The molecule has 146 valence electrons. The Morgan fingerprint density at radius 1 is 1.18 bits per heavy atom. The van der Waals surface area contributed by atoms with Crippen LogP contribution < -0.4 is 14.8 Å². The number of benzene rings is 1. The smallest absolute Gasteiger partial charge is 0.234 e. The van der Waals surface area contributed by atoms with Crippen molar-refractivity contribution in [1.29, 1.82) is 0 Å². The van der Waals surface area contributed by atoms with Crippen molar-refractivity contribution in [2.24, 2.45) is 0 Å². The molecule has 2 aromatic rings. The zero-order chi connectivity index (χ0) is 19.7. The molecule has 1 aliphatic heterocycles. The Morgan fingerprint density at radius 3 is 2.64 bits per heavy atom. The maximum atomic E-state index is 12.4. The highest BCUT2D eigenvalue weighted by atomic mass is 32.2. The molecule has 1 aliphatic carbocycles. The van der Waals surface area contributed by atoms with E-state index in [1.54, 1.807) is 18.2 Å². The molecule has 0 radical (unpaired) electrons. The number of rotatable bonds is 6. The summed E-state index contributed by atoms with van der Waals surface area (Å²) in [5.74, 6) is 2.33. The number of amides is 1. The first-order valence-corrected chi connectivity index (χ1v) is 10.2. The third-order valence-corrected chi connectivity index (χ3v) is 5.51. The summed E-state index contributed by atoms with van der Waals surface area (Å²) in [5, 5.41) is 3.43. The molecule has 0 saturated heterocycles. The second kappa shape index (κ2) is 7.79. The Labute approximate surface area is 167 Å². The number of hydrogen-bond acceptors (Lipinski definition) is 7. The summed E-state index contributed by atoms with van der Waals surface area (Å²) < 4.78 is 11.0. The minimum atomic E-state index is -0.180. The van der Waals surface area contributed by atoms with Crippen LogP contribution in [0.4, 0.5) is 5.69 Å². The Kier molecular flexibility index (Phi) is 5.21. The van der Waals surface area contributed by atoms with Gasteiger partial charge in [0.1, 0.15) is 24.1 Å². The van der Waals surface area contributed by atoms with Crippen molar-refractivity contribution in [3.05, 3.63) is 35.3 Å². The van der Waals surface area contributed by atoms with Gasteiger partial charge in [-0.15, -0.1) is 0 Å². The number of carbonyl (C=O) groups excluding carboxylic acids is 2. The van der Waals surface area contributed by atoms with Crippen molar-refractivity contribution in [3.8, 4) is 11.5 Å². The van der Waals surface area contributed by atoms with Crippen molar-refractivity contribution in [3.63, 3.8) is 0 Å². The van der Waals surface area contributed by atoms with Crippen LogP contribution >= 0.6 is 11.8 Å². The zero-order valence-corrected chi connectivity index (χ0v) is 16.6.